The number of allylic oxidation sites excluding steroid dienone is 1. The van der Waals surface area contributed by atoms with E-state index in [1.165, 1.54) is 6.07 Å². The van der Waals surface area contributed by atoms with E-state index in [0.717, 1.165) is 16.7 Å². The molecule has 40 heavy (non-hydrogen) atoms. The number of nitrogens with zero attached hydrogens (tertiary/aromatic N) is 1. The number of hydrogen-bond donors (Lipinski definition) is 2. The topological polar surface area (TPSA) is 71.0 Å². The molecule has 3 aromatic rings. The van der Waals surface area contributed by atoms with Crippen LogP contribution in [0.2, 0.25) is 0 Å². The zero-order valence-electron chi connectivity index (χ0n) is 23.4. The molecule has 0 aromatic heterocycles. The van der Waals surface area contributed by atoms with E-state index in [-0.39, 0.29) is 35.7 Å². The molecule has 0 radical (unpaired) electrons. The lowest BCUT2D eigenvalue weighted by molar-refractivity contribution is -0.118. The van der Waals surface area contributed by atoms with Crippen molar-refractivity contribution in [2.45, 2.75) is 46.6 Å². The molecule has 0 saturated heterocycles. The van der Waals surface area contributed by atoms with Crippen LogP contribution >= 0.6 is 0 Å². The quantitative estimate of drug-likeness (QED) is 0.255. The molecule has 0 saturated carbocycles. The molecule has 0 aliphatic carbocycles. The standard InChI is InChI=1S/C33H35FN2O4/c1-20(2)18-39-23-13-14-24(25(34)16-23)31-32-26(17-33(4,5)19-40-32)35-30-27(11-8-12-28(30)37)36(31)29(38)15-22-10-7-6-9-21(22)3/h6-14,16,31,35,37H,1,15,17-19H2,2-5H3. The van der Waals surface area contributed by atoms with Crippen molar-refractivity contribution in [3.05, 3.63) is 107 Å². The number of carbonyl (C=O) groups excluding carboxylic acids is 1. The number of rotatable bonds is 6. The summed E-state index contributed by atoms with van der Waals surface area (Å²) in [6.45, 7) is 12.5. The van der Waals surface area contributed by atoms with Crippen molar-refractivity contribution in [2.24, 2.45) is 5.41 Å². The van der Waals surface area contributed by atoms with Gasteiger partial charge in [-0.25, -0.2) is 4.39 Å². The zero-order valence-corrected chi connectivity index (χ0v) is 23.4. The predicted octanol–water partition coefficient (Wildman–Crippen LogP) is 7.20. The molecule has 2 N–H and O–H groups in total. The van der Waals surface area contributed by atoms with Crippen molar-refractivity contribution in [3.63, 3.8) is 0 Å². The van der Waals surface area contributed by atoms with Gasteiger partial charge in [0.15, 0.2) is 0 Å². The molecule has 2 aliphatic rings. The van der Waals surface area contributed by atoms with Crippen molar-refractivity contribution < 1.29 is 23.8 Å². The molecule has 208 valence electrons. The Kier molecular flexibility index (Phi) is 7.32. The number of ether oxygens (including phenoxy) is 2. The average molecular weight is 543 g/mol. The number of fused-ring (bicyclic) bond motifs is 1. The van der Waals surface area contributed by atoms with Gasteiger partial charge >= 0.3 is 0 Å². The first-order valence-electron chi connectivity index (χ1n) is 13.4. The fourth-order valence-electron chi connectivity index (χ4n) is 5.23. The Morgan fingerprint density at radius 2 is 1.98 bits per heavy atom. The third kappa shape index (κ3) is 5.41. The highest BCUT2D eigenvalue weighted by Gasteiger charge is 2.42. The highest BCUT2D eigenvalue weighted by molar-refractivity contribution is 6.01. The number of phenols is 1. The smallest absolute Gasteiger partial charge is 0.232 e. The van der Waals surface area contributed by atoms with Gasteiger partial charge in [0.1, 0.15) is 41.4 Å². The van der Waals surface area contributed by atoms with Crippen molar-refractivity contribution >= 4 is 17.3 Å². The van der Waals surface area contributed by atoms with E-state index in [4.69, 9.17) is 9.47 Å². The van der Waals surface area contributed by atoms with Crippen LogP contribution in [0.1, 0.15) is 49.9 Å². The number of aryl methyl sites for hydroxylation is 1. The number of benzene rings is 3. The number of carbonyl (C=O) groups is 1. The Bertz CT molecular complexity index is 1510. The summed E-state index contributed by atoms with van der Waals surface area (Å²) < 4.78 is 28.0. The third-order valence-electron chi connectivity index (χ3n) is 7.26. The first-order valence-corrected chi connectivity index (χ1v) is 13.4. The molecule has 0 bridgehead atoms. The molecule has 2 heterocycles. The van der Waals surface area contributed by atoms with E-state index in [0.29, 0.717) is 41.6 Å². The van der Waals surface area contributed by atoms with Gasteiger partial charge < -0.3 is 19.9 Å². The molecule has 2 aliphatic heterocycles. The summed E-state index contributed by atoms with van der Waals surface area (Å²) in [5.41, 5.74) is 4.27. The molecule has 0 spiro atoms. The minimum absolute atomic E-state index is 0.00825. The summed E-state index contributed by atoms with van der Waals surface area (Å²) in [5, 5.41) is 14.3. The number of halogens is 1. The van der Waals surface area contributed by atoms with Gasteiger partial charge in [0, 0.05) is 17.0 Å². The fraction of sp³-hybridized carbons (Fsp3) is 0.303. The molecular formula is C33H35FN2O4. The maximum Gasteiger partial charge on any atom is 0.232 e. The lowest BCUT2D eigenvalue weighted by atomic mass is 9.85. The first kappa shape index (κ1) is 27.3. The summed E-state index contributed by atoms with van der Waals surface area (Å²) in [4.78, 5) is 15.8. The minimum Gasteiger partial charge on any atom is -0.506 e. The van der Waals surface area contributed by atoms with E-state index in [9.17, 15) is 9.90 Å². The van der Waals surface area contributed by atoms with Crippen molar-refractivity contribution in [1.82, 2.24) is 0 Å². The number of para-hydroxylation sites is 1. The van der Waals surface area contributed by atoms with Gasteiger partial charge in [-0.1, -0.05) is 50.8 Å². The van der Waals surface area contributed by atoms with Gasteiger partial charge in [0.05, 0.1) is 24.4 Å². The summed E-state index contributed by atoms with van der Waals surface area (Å²) >= 11 is 0. The Labute approximate surface area is 234 Å². The summed E-state index contributed by atoms with van der Waals surface area (Å²) in [5.74, 6) is 0.0410. The van der Waals surface area contributed by atoms with Gasteiger partial charge in [-0.05, 0) is 61.2 Å². The zero-order chi connectivity index (χ0) is 28.6. The Balaban J connectivity index is 1.69. The van der Waals surface area contributed by atoms with Crippen molar-refractivity contribution in [2.75, 3.05) is 23.4 Å². The van der Waals surface area contributed by atoms with Crippen LogP contribution in [0.15, 0.2) is 84.3 Å². The number of amides is 1. The van der Waals surface area contributed by atoms with Crippen LogP contribution in [0, 0.1) is 18.2 Å². The highest BCUT2D eigenvalue weighted by atomic mass is 19.1. The van der Waals surface area contributed by atoms with Crippen LogP contribution in [0.5, 0.6) is 11.5 Å². The molecule has 5 rings (SSSR count). The molecule has 7 heteroatoms. The van der Waals surface area contributed by atoms with E-state index >= 15 is 4.39 Å². The molecule has 6 nitrogen and oxygen atoms in total. The lowest BCUT2D eigenvalue weighted by Crippen LogP contribution is -2.39. The number of phenolic OH excluding ortho intramolecular Hbond substituents is 1. The minimum atomic E-state index is -0.909. The van der Waals surface area contributed by atoms with Gasteiger partial charge in [-0.3, -0.25) is 9.69 Å². The van der Waals surface area contributed by atoms with Crippen LogP contribution < -0.4 is 15.0 Å². The monoisotopic (exact) mass is 542 g/mol. The van der Waals surface area contributed by atoms with Gasteiger partial charge in [0.2, 0.25) is 5.91 Å². The molecule has 1 atom stereocenters. The fourth-order valence-corrected chi connectivity index (χ4v) is 5.23. The van der Waals surface area contributed by atoms with Crippen LogP contribution in [-0.2, 0) is 16.0 Å². The van der Waals surface area contributed by atoms with Crippen LogP contribution in [-0.4, -0.2) is 24.2 Å². The number of anilines is 2. The van der Waals surface area contributed by atoms with E-state index < -0.39 is 11.9 Å². The maximum atomic E-state index is 16.0. The Morgan fingerprint density at radius 1 is 1.20 bits per heavy atom. The second kappa shape index (κ2) is 10.7. The number of hydrogen-bond acceptors (Lipinski definition) is 5. The molecule has 1 amide bonds. The summed E-state index contributed by atoms with van der Waals surface area (Å²) in [6.07, 6.45) is 0.682. The summed E-state index contributed by atoms with van der Waals surface area (Å²) in [7, 11) is 0. The third-order valence-corrected chi connectivity index (χ3v) is 7.26. The van der Waals surface area contributed by atoms with Gasteiger partial charge in [0.25, 0.3) is 0 Å². The van der Waals surface area contributed by atoms with E-state index in [1.807, 2.05) is 38.1 Å². The predicted molar refractivity (Wildman–Crippen MR) is 155 cm³/mol. The van der Waals surface area contributed by atoms with Crippen molar-refractivity contribution in [3.8, 4) is 11.5 Å². The maximum absolute atomic E-state index is 16.0. The second-order valence-electron chi connectivity index (χ2n) is 11.5. The van der Waals surface area contributed by atoms with Gasteiger partial charge in [-0.2, -0.15) is 0 Å². The summed E-state index contributed by atoms with van der Waals surface area (Å²) in [6, 6.07) is 16.5. The molecule has 3 aromatic carbocycles. The average Bonchev–Trinajstić information content (AvgIpc) is 3.03. The first-order chi connectivity index (χ1) is 19.0. The van der Waals surface area contributed by atoms with Gasteiger partial charge in [-0.15, -0.1) is 0 Å². The Hall–Kier alpha value is -4.26. The van der Waals surface area contributed by atoms with Crippen LogP contribution in [0.4, 0.5) is 15.8 Å². The normalized spacial score (nSPS) is 17.6. The number of nitrogens with one attached hydrogen (secondary N) is 1. The van der Waals surface area contributed by atoms with E-state index in [2.05, 4.69) is 25.7 Å². The molecule has 1 unspecified atom stereocenters. The highest BCUT2D eigenvalue weighted by Crippen LogP contribution is 2.50. The SMILES string of the molecule is C=C(C)COc1ccc(C2C3=C(CC(C)(C)CO3)Nc3c(O)cccc3N2C(=O)Cc2ccccc2C)c(F)c1. The van der Waals surface area contributed by atoms with Crippen molar-refractivity contribution in [1.29, 1.82) is 0 Å². The second-order valence-corrected chi connectivity index (χ2v) is 11.5. The van der Waals surface area contributed by atoms with Crippen LogP contribution in [0.3, 0.4) is 0 Å². The Morgan fingerprint density at radius 3 is 2.70 bits per heavy atom. The van der Waals surface area contributed by atoms with Crippen LogP contribution in [0.25, 0.3) is 0 Å². The largest absolute Gasteiger partial charge is 0.506 e. The van der Waals surface area contributed by atoms with E-state index in [1.54, 1.807) is 35.2 Å². The lowest BCUT2D eigenvalue weighted by Gasteiger charge is -2.38. The number of aromatic hydroxyl groups is 1. The molecule has 0 fully saturated rings. The molecular weight excluding hydrogens is 507 g/mol.